The minimum absolute atomic E-state index is 0.0841. The number of rotatable bonds is 10. The van der Waals surface area contributed by atoms with Crippen LogP contribution in [0.3, 0.4) is 0 Å². The summed E-state index contributed by atoms with van der Waals surface area (Å²) in [6.07, 6.45) is -0.453. The van der Waals surface area contributed by atoms with Gasteiger partial charge in [0.15, 0.2) is 17.7 Å². The molecule has 30 heavy (non-hydrogen) atoms. The van der Waals surface area contributed by atoms with Gasteiger partial charge < -0.3 is 19.0 Å². The fourth-order valence-electron chi connectivity index (χ4n) is 3.04. The van der Waals surface area contributed by atoms with Crippen molar-refractivity contribution in [2.75, 3.05) is 13.2 Å². The standard InChI is InChI=1S/C23H24FNO5/c1-3-28-21(23(26)27)14-16-9-10-20(18(24)13-16)29-12-11-19-15(2)30-22(25-19)17-7-5-4-6-8-17/h4-10,13,21H,3,11-12,14H2,1-2H3,(H,26,27). The second kappa shape index (κ2) is 10.0. The van der Waals surface area contributed by atoms with Crippen molar-refractivity contribution >= 4 is 5.97 Å². The highest BCUT2D eigenvalue weighted by atomic mass is 19.1. The maximum absolute atomic E-state index is 14.4. The Morgan fingerprint density at radius 2 is 2.00 bits per heavy atom. The Morgan fingerprint density at radius 3 is 2.67 bits per heavy atom. The molecule has 1 aromatic heterocycles. The lowest BCUT2D eigenvalue weighted by atomic mass is 10.1. The average molecular weight is 413 g/mol. The Kier molecular flexibility index (Phi) is 7.19. The van der Waals surface area contributed by atoms with Crippen LogP contribution in [0.1, 0.15) is 23.9 Å². The molecular formula is C23H24FNO5. The summed E-state index contributed by atoms with van der Waals surface area (Å²) >= 11 is 0. The molecule has 0 bridgehead atoms. The Hall–Kier alpha value is -3.19. The van der Waals surface area contributed by atoms with Gasteiger partial charge in [0.2, 0.25) is 5.89 Å². The molecule has 0 spiro atoms. The summed E-state index contributed by atoms with van der Waals surface area (Å²) in [5.74, 6) is -0.276. The zero-order valence-electron chi connectivity index (χ0n) is 16.9. The van der Waals surface area contributed by atoms with Crippen molar-refractivity contribution in [3.8, 4) is 17.2 Å². The van der Waals surface area contributed by atoms with E-state index in [2.05, 4.69) is 4.98 Å². The fraction of sp³-hybridized carbons (Fsp3) is 0.304. The van der Waals surface area contributed by atoms with Gasteiger partial charge in [-0.1, -0.05) is 24.3 Å². The first-order valence-corrected chi connectivity index (χ1v) is 9.75. The zero-order chi connectivity index (χ0) is 21.5. The number of hydrogen-bond donors (Lipinski definition) is 1. The number of ether oxygens (including phenoxy) is 2. The third-order valence-electron chi connectivity index (χ3n) is 4.57. The van der Waals surface area contributed by atoms with E-state index in [0.717, 1.165) is 11.3 Å². The molecule has 0 radical (unpaired) electrons. The van der Waals surface area contributed by atoms with Gasteiger partial charge in [0.1, 0.15) is 5.76 Å². The molecule has 3 aromatic rings. The van der Waals surface area contributed by atoms with Gasteiger partial charge >= 0.3 is 5.97 Å². The van der Waals surface area contributed by atoms with Crippen LogP contribution >= 0.6 is 0 Å². The highest BCUT2D eigenvalue weighted by Gasteiger charge is 2.19. The van der Waals surface area contributed by atoms with Crippen LogP contribution in [0.15, 0.2) is 52.9 Å². The molecule has 0 aliphatic carbocycles. The number of hydrogen-bond acceptors (Lipinski definition) is 5. The molecule has 0 saturated heterocycles. The van der Waals surface area contributed by atoms with Crippen LogP contribution in [0.5, 0.6) is 5.75 Å². The lowest BCUT2D eigenvalue weighted by Gasteiger charge is -2.13. The van der Waals surface area contributed by atoms with Gasteiger partial charge in [-0.3, -0.25) is 0 Å². The average Bonchev–Trinajstić information content (AvgIpc) is 3.10. The maximum Gasteiger partial charge on any atom is 0.333 e. The largest absolute Gasteiger partial charge is 0.490 e. The molecule has 2 aromatic carbocycles. The number of benzene rings is 2. The molecule has 0 aliphatic rings. The molecule has 1 heterocycles. The summed E-state index contributed by atoms with van der Waals surface area (Å²) in [4.78, 5) is 15.7. The molecule has 1 atom stereocenters. The number of nitrogens with zero attached hydrogens (tertiary/aromatic N) is 1. The van der Waals surface area contributed by atoms with E-state index in [9.17, 15) is 9.18 Å². The highest BCUT2D eigenvalue weighted by Crippen LogP contribution is 2.23. The number of aliphatic carboxylic acids is 1. The lowest BCUT2D eigenvalue weighted by molar-refractivity contribution is -0.149. The minimum Gasteiger partial charge on any atom is -0.490 e. The molecule has 0 amide bonds. The second-order valence-electron chi connectivity index (χ2n) is 6.74. The molecule has 0 fully saturated rings. The van der Waals surface area contributed by atoms with Crippen molar-refractivity contribution in [3.63, 3.8) is 0 Å². The first-order chi connectivity index (χ1) is 14.5. The van der Waals surface area contributed by atoms with Gasteiger partial charge in [-0.2, -0.15) is 0 Å². The molecule has 1 unspecified atom stereocenters. The fourth-order valence-corrected chi connectivity index (χ4v) is 3.04. The summed E-state index contributed by atoms with van der Waals surface area (Å²) < 4.78 is 30.8. The van der Waals surface area contributed by atoms with Gasteiger partial charge in [-0.25, -0.2) is 14.2 Å². The van der Waals surface area contributed by atoms with Crippen molar-refractivity contribution in [3.05, 3.63) is 71.4 Å². The lowest BCUT2D eigenvalue weighted by Crippen LogP contribution is -2.26. The number of aromatic nitrogens is 1. The third-order valence-corrected chi connectivity index (χ3v) is 4.57. The number of oxazole rings is 1. The Labute approximate surface area is 174 Å². The normalized spacial score (nSPS) is 12.0. The number of carbonyl (C=O) groups is 1. The van der Waals surface area contributed by atoms with Crippen molar-refractivity contribution < 1.29 is 28.2 Å². The van der Waals surface area contributed by atoms with Crippen molar-refractivity contribution in [2.45, 2.75) is 32.8 Å². The molecule has 0 aliphatic heterocycles. The van der Waals surface area contributed by atoms with Crippen LogP contribution in [0.2, 0.25) is 0 Å². The van der Waals surface area contributed by atoms with E-state index in [4.69, 9.17) is 19.0 Å². The van der Waals surface area contributed by atoms with Crippen molar-refractivity contribution in [1.82, 2.24) is 4.98 Å². The van der Waals surface area contributed by atoms with Crippen molar-refractivity contribution in [1.29, 1.82) is 0 Å². The Morgan fingerprint density at radius 1 is 1.23 bits per heavy atom. The van der Waals surface area contributed by atoms with Crippen LogP contribution in [0.4, 0.5) is 4.39 Å². The predicted octanol–water partition coefficient (Wildman–Crippen LogP) is 4.44. The monoisotopic (exact) mass is 413 g/mol. The molecule has 158 valence electrons. The number of carboxylic acids is 1. The van der Waals surface area contributed by atoms with E-state index in [1.807, 2.05) is 37.3 Å². The van der Waals surface area contributed by atoms with Gasteiger partial charge in [0.25, 0.3) is 0 Å². The van der Waals surface area contributed by atoms with Gasteiger partial charge in [0, 0.05) is 25.0 Å². The smallest absolute Gasteiger partial charge is 0.333 e. The Bertz CT molecular complexity index is 987. The van der Waals surface area contributed by atoms with E-state index in [1.165, 1.54) is 12.1 Å². The topological polar surface area (TPSA) is 81.8 Å². The number of aryl methyl sites for hydroxylation is 1. The van der Waals surface area contributed by atoms with E-state index in [1.54, 1.807) is 13.0 Å². The summed E-state index contributed by atoms with van der Waals surface area (Å²) in [5, 5.41) is 9.15. The van der Waals surface area contributed by atoms with Gasteiger partial charge in [-0.15, -0.1) is 0 Å². The minimum atomic E-state index is -1.07. The molecule has 7 heteroatoms. The predicted molar refractivity (Wildman–Crippen MR) is 109 cm³/mol. The first kappa shape index (κ1) is 21.5. The summed E-state index contributed by atoms with van der Waals surface area (Å²) in [6.45, 7) is 4.05. The van der Waals surface area contributed by atoms with Gasteiger partial charge in [0.05, 0.1) is 12.3 Å². The molecule has 1 N–H and O–H groups in total. The summed E-state index contributed by atoms with van der Waals surface area (Å²) in [6, 6.07) is 14.0. The highest BCUT2D eigenvalue weighted by molar-refractivity contribution is 5.72. The SMILES string of the molecule is CCOC(Cc1ccc(OCCc2nc(-c3ccccc3)oc2C)c(F)c1)C(=O)O. The molecule has 3 rings (SSSR count). The summed E-state index contributed by atoms with van der Waals surface area (Å²) in [7, 11) is 0. The van der Waals surface area contributed by atoms with Gasteiger partial charge in [-0.05, 0) is 43.7 Å². The van der Waals surface area contributed by atoms with E-state index in [-0.39, 0.29) is 25.4 Å². The van der Waals surface area contributed by atoms with Crippen LogP contribution in [0, 0.1) is 12.7 Å². The van der Waals surface area contributed by atoms with Crippen LogP contribution in [0.25, 0.3) is 11.5 Å². The van der Waals surface area contributed by atoms with E-state index < -0.39 is 17.9 Å². The molecule has 0 saturated carbocycles. The Balaban J connectivity index is 1.59. The number of halogens is 1. The van der Waals surface area contributed by atoms with Crippen molar-refractivity contribution in [2.24, 2.45) is 0 Å². The third kappa shape index (κ3) is 5.45. The molecule has 6 nitrogen and oxygen atoms in total. The van der Waals surface area contributed by atoms with E-state index >= 15 is 0 Å². The number of carboxylic acid groups (broad SMARTS) is 1. The summed E-state index contributed by atoms with van der Waals surface area (Å²) in [5.41, 5.74) is 2.17. The first-order valence-electron chi connectivity index (χ1n) is 9.75. The second-order valence-corrected chi connectivity index (χ2v) is 6.74. The quantitative estimate of drug-likeness (QED) is 0.529. The van der Waals surface area contributed by atoms with Crippen LogP contribution < -0.4 is 4.74 Å². The maximum atomic E-state index is 14.4. The van der Waals surface area contributed by atoms with Crippen LogP contribution in [-0.2, 0) is 22.4 Å². The van der Waals surface area contributed by atoms with Crippen LogP contribution in [-0.4, -0.2) is 35.4 Å². The molecular weight excluding hydrogens is 389 g/mol. The van der Waals surface area contributed by atoms with E-state index in [0.29, 0.717) is 23.6 Å². The zero-order valence-corrected chi connectivity index (χ0v) is 16.9.